The number of aryl methyl sites for hydroxylation is 2. The van der Waals surface area contributed by atoms with Crippen molar-refractivity contribution in [2.75, 3.05) is 4.90 Å². The molecule has 2 aromatic heterocycles. The number of aromatic nitrogens is 1. The Labute approximate surface area is 351 Å². The van der Waals surface area contributed by atoms with Gasteiger partial charge in [0.15, 0.2) is 0 Å². The molecule has 1 aliphatic carbocycles. The summed E-state index contributed by atoms with van der Waals surface area (Å²) >= 11 is 1.76. The lowest BCUT2D eigenvalue weighted by Crippen LogP contribution is -2.29. The lowest BCUT2D eigenvalue weighted by atomic mass is 9.82. The quantitative estimate of drug-likeness (QED) is 0.156. The van der Waals surface area contributed by atoms with Gasteiger partial charge < -0.3 is 14.6 Å². The van der Waals surface area contributed by atoms with E-state index in [1.54, 1.807) is 17.4 Å². The molecule has 1 N–H and O–H groups in total. The summed E-state index contributed by atoms with van der Waals surface area (Å²) in [4.78, 5) is 22.7. The molecular formula is C54H39N3O2S. The Morgan fingerprint density at radius 2 is 1.38 bits per heavy atom. The highest BCUT2D eigenvalue weighted by molar-refractivity contribution is 7.19. The molecule has 288 valence electrons. The van der Waals surface area contributed by atoms with Crippen molar-refractivity contribution in [3.63, 3.8) is 0 Å². The normalized spacial score (nSPS) is 14.8. The van der Waals surface area contributed by atoms with Crippen LogP contribution >= 0.6 is 11.3 Å². The molecule has 5 nitrogen and oxygen atoms in total. The average molecular weight is 794 g/mol. The summed E-state index contributed by atoms with van der Waals surface area (Å²) in [6, 6.07) is 55.3. The molecule has 0 saturated heterocycles. The lowest BCUT2D eigenvalue weighted by Gasteiger charge is -2.24. The second-order valence-electron chi connectivity index (χ2n) is 15.8. The molecule has 0 radical (unpaired) electrons. The van der Waals surface area contributed by atoms with Gasteiger partial charge >= 0.3 is 0 Å². The van der Waals surface area contributed by atoms with E-state index in [0.29, 0.717) is 17.8 Å². The number of Topliss-reactive ketones (excluding diaryl/α,β-unsaturated/α-hetero) is 1. The Kier molecular flexibility index (Phi) is 8.32. The van der Waals surface area contributed by atoms with Crippen molar-refractivity contribution in [3.8, 4) is 10.4 Å². The van der Waals surface area contributed by atoms with E-state index in [2.05, 4.69) is 163 Å². The minimum absolute atomic E-state index is 0.0112. The molecule has 3 heterocycles. The molecule has 60 heavy (non-hydrogen) atoms. The summed E-state index contributed by atoms with van der Waals surface area (Å²) in [7, 11) is 0. The molecule has 0 fully saturated rings. The SMILES string of the molecule is C/C(C1=C(O)/C(=C\C2=Nc3ccc(-c4ccc(N(c5ccc(C)cc5)c5ccc(C)cc5)s4)c4cccc2c34)C1=O)=c1/c2cccc3cccc(c32)n1Cc1ccccc1. The van der Waals surface area contributed by atoms with Gasteiger partial charge in [0.1, 0.15) is 10.8 Å². The second kappa shape index (κ2) is 13.9. The molecule has 0 spiro atoms. The zero-order valence-corrected chi connectivity index (χ0v) is 34.2. The van der Waals surface area contributed by atoms with Crippen LogP contribution in [0.3, 0.4) is 0 Å². The number of carbonyl (C=O) groups is 1. The molecule has 7 aromatic carbocycles. The predicted molar refractivity (Wildman–Crippen MR) is 250 cm³/mol. The summed E-state index contributed by atoms with van der Waals surface area (Å²) in [5, 5.41) is 19.3. The van der Waals surface area contributed by atoms with Gasteiger partial charge in [-0.25, -0.2) is 4.99 Å². The van der Waals surface area contributed by atoms with Gasteiger partial charge in [0.2, 0.25) is 5.78 Å². The van der Waals surface area contributed by atoms with Gasteiger partial charge in [-0.1, -0.05) is 120 Å². The first-order chi connectivity index (χ1) is 29.3. The number of benzene rings is 7. The van der Waals surface area contributed by atoms with Crippen molar-refractivity contribution in [2.45, 2.75) is 27.3 Å². The topological polar surface area (TPSA) is 57.8 Å². The van der Waals surface area contributed by atoms with Crippen molar-refractivity contribution in [1.29, 1.82) is 0 Å². The third kappa shape index (κ3) is 5.67. The van der Waals surface area contributed by atoms with E-state index < -0.39 is 0 Å². The van der Waals surface area contributed by atoms with E-state index in [-0.39, 0.29) is 17.1 Å². The maximum Gasteiger partial charge on any atom is 0.200 e. The third-order valence-electron chi connectivity index (χ3n) is 12.1. The van der Waals surface area contributed by atoms with E-state index in [1.165, 1.54) is 11.1 Å². The number of hydrogen-bond donors (Lipinski definition) is 1. The smallest absolute Gasteiger partial charge is 0.200 e. The van der Waals surface area contributed by atoms with Crippen LogP contribution < -0.4 is 10.2 Å². The molecule has 11 rings (SSSR count). The standard InChI is InChI=1S/C54H39N3O2S/c1-32-18-22-37(23-19-32)57(38-24-20-33(2)21-25-38)48-29-28-47(60-48)39-26-27-44-51-40(39)14-9-15-41(51)45(55-44)30-43-53(58)49(54(43)59)34(3)52-42-16-7-12-36-13-8-17-46(50(36)42)56(52)31-35-10-5-4-6-11-35/h4-30,58H,31H2,1-3H3/b43-30+,52-34+. The number of hydrogen-bond acceptors (Lipinski definition) is 5. The molecule has 0 bridgehead atoms. The first-order valence-electron chi connectivity index (χ1n) is 20.3. The maximum absolute atomic E-state index is 14.2. The minimum atomic E-state index is -0.176. The van der Waals surface area contributed by atoms with E-state index in [0.717, 1.165) is 87.0 Å². The van der Waals surface area contributed by atoms with Gasteiger partial charge in [-0.05, 0) is 103 Å². The number of aliphatic hydroxyl groups is 1. The average Bonchev–Trinajstić information content (AvgIpc) is 3.98. The van der Waals surface area contributed by atoms with Crippen LogP contribution in [0.25, 0.3) is 48.5 Å². The first kappa shape index (κ1) is 35.8. The summed E-state index contributed by atoms with van der Waals surface area (Å²) in [5.74, 6) is -0.165. The number of anilines is 3. The number of thiophene rings is 1. The second-order valence-corrected chi connectivity index (χ2v) is 16.9. The molecule has 0 unspecified atom stereocenters. The van der Waals surface area contributed by atoms with Crippen molar-refractivity contribution in [2.24, 2.45) is 4.99 Å². The van der Waals surface area contributed by atoms with Crippen molar-refractivity contribution in [3.05, 3.63) is 208 Å². The largest absolute Gasteiger partial charge is 0.506 e. The Hall–Kier alpha value is -7.28. The van der Waals surface area contributed by atoms with Crippen LogP contribution in [-0.2, 0) is 11.3 Å². The predicted octanol–water partition coefficient (Wildman–Crippen LogP) is 13.2. The lowest BCUT2D eigenvalue weighted by molar-refractivity contribution is -0.113. The van der Waals surface area contributed by atoms with Gasteiger partial charge in [-0.3, -0.25) is 4.79 Å². The number of rotatable bonds is 8. The van der Waals surface area contributed by atoms with Gasteiger partial charge in [-0.2, -0.15) is 0 Å². The van der Waals surface area contributed by atoms with Crippen molar-refractivity contribution < 1.29 is 9.90 Å². The summed E-state index contributed by atoms with van der Waals surface area (Å²) in [5.41, 5.74) is 11.9. The monoisotopic (exact) mass is 793 g/mol. The van der Waals surface area contributed by atoms with Gasteiger partial charge in [0.05, 0.1) is 33.4 Å². The highest BCUT2D eigenvalue weighted by atomic mass is 32.1. The number of allylic oxidation sites excluding steroid dienone is 3. The molecule has 6 heteroatoms. The maximum atomic E-state index is 14.2. The van der Waals surface area contributed by atoms with E-state index in [9.17, 15) is 9.90 Å². The Bertz CT molecular complexity index is 3330. The zero-order valence-electron chi connectivity index (χ0n) is 33.4. The van der Waals surface area contributed by atoms with Gasteiger partial charge in [-0.15, -0.1) is 11.3 Å². The molecule has 9 aromatic rings. The van der Waals surface area contributed by atoms with Crippen LogP contribution in [-0.4, -0.2) is 21.2 Å². The van der Waals surface area contributed by atoms with Crippen molar-refractivity contribution in [1.82, 2.24) is 4.57 Å². The van der Waals surface area contributed by atoms with E-state index >= 15 is 0 Å². The van der Waals surface area contributed by atoms with Gasteiger partial charge in [0.25, 0.3) is 0 Å². The highest BCUT2D eigenvalue weighted by Crippen LogP contribution is 2.47. The molecule has 0 amide bonds. The molecule has 0 saturated carbocycles. The fourth-order valence-corrected chi connectivity index (χ4v) is 10.2. The van der Waals surface area contributed by atoms with Crippen LogP contribution in [0.2, 0.25) is 0 Å². The van der Waals surface area contributed by atoms with Crippen LogP contribution in [0.15, 0.2) is 186 Å². The number of aliphatic hydroxyl groups excluding tert-OH is 1. The van der Waals surface area contributed by atoms with Crippen LogP contribution in [0, 0.1) is 13.8 Å². The van der Waals surface area contributed by atoms with Crippen LogP contribution in [0.1, 0.15) is 29.2 Å². The zero-order chi connectivity index (χ0) is 40.6. The Morgan fingerprint density at radius 3 is 2.10 bits per heavy atom. The molecule has 2 aliphatic rings. The molecule has 1 aliphatic heterocycles. The summed E-state index contributed by atoms with van der Waals surface area (Å²) in [6.07, 6.45) is 1.77. The number of carbonyl (C=O) groups excluding carboxylic acids is 1. The Morgan fingerprint density at radius 1 is 0.700 bits per heavy atom. The van der Waals surface area contributed by atoms with E-state index in [1.807, 2.05) is 25.1 Å². The number of nitrogens with zero attached hydrogens (tertiary/aromatic N) is 3. The Balaban J connectivity index is 0.969. The number of ketones is 1. The third-order valence-corrected chi connectivity index (χ3v) is 13.2. The van der Waals surface area contributed by atoms with Crippen LogP contribution in [0.4, 0.5) is 22.1 Å². The molecular weight excluding hydrogens is 755 g/mol. The van der Waals surface area contributed by atoms with Gasteiger partial charge in [0, 0.05) is 44.5 Å². The summed E-state index contributed by atoms with van der Waals surface area (Å²) in [6.45, 7) is 6.82. The molecule has 0 atom stereocenters. The fourth-order valence-electron chi connectivity index (χ4n) is 9.10. The van der Waals surface area contributed by atoms with Crippen LogP contribution in [0.5, 0.6) is 0 Å². The number of aliphatic imine (C=N–C) groups is 1. The highest BCUT2D eigenvalue weighted by Gasteiger charge is 2.36. The summed E-state index contributed by atoms with van der Waals surface area (Å²) < 4.78 is 2.28. The van der Waals surface area contributed by atoms with Crippen molar-refractivity contribution >= 4 is 82.9 Å². The minimum Gasteiger partial charge on any atom is -0.506 e. The first-order valence-corrected chi connectivity index (χ1v) is 21.1. The fraction of sp³-hybridized carbons (Fsp3) is 0.0741. The van der Waals surface area contributed by atoms with E-state index in [4.69, 9.17) is 4.99 Å².